The smallest absolute Gasteiger partial charge is 0.230 e. The van der Waals surface area contributed by atoms with Crippen molar-refractivity contribution in [1.82, 2.24) is 0 Å². The van der Waals surface area contributed by atoms with E-state index in [1.54, 1.807) is 0 Å². The van der Waals surface area contributed by atoms with Crippen LogP contribution in [-0.2, 0) is 4.79 Å². The van der Waals surface area contributed by atoms with E-state index in [2.05, 4.69) is 13.8 Å². The summed E-state index contributed by atoms with van der Waals surface area (Å²) in [5.41, 5.74) is 2.06. The SMILES string of the molecule is CC(C)N(C(=O)C1CC1c1ccccc1Cl)c1ccccc1. The highest BCUT2D eigenvalue weighted by atomic mass is 35.5. The summed E-state index contributed by atoms with van der Waals surface area (Å²) in [6, 6.07) is 17.9. The standard InChI is InChI=1S/C19H20ClNO/c1-13(2)21(14-8-4-3-5-9-14)19(22)17-12-16(17)15-10-6-7-11-18(15)20/h3-11,13,16-17H,12H2,1-2H3. The summed E-state index contributed by atoms with van der Waals surface area (Å²) in [5, 5.41) is 0.763. The molecule has 3 heteroatoms. The van der Waals surface area contributed by atoms with E-state index < -0.39 is 0 Å². The quantitative estimate of drug-likeness (QED) is 0.787. The van der Waals surface area contributed by atoms with Crippen LogP contribution in [0, 0.1) is 5.92 Å². The van der Waals surface area contributed by atoms with E-state index >= 15 is 0 Å². The van der Waals surface area contributed by atoms with Gasteiger partial charge in [0, 0.05) is 22.7 Å². The molecule has 0 spiro atoms. The Kier molecular flexibility index (Phi) is 4.21. The zero-order chi connectivity index (χ0) is 15.7. The lowest BCUT2D eigenvalue weighted by atomic mass is 10.1. The second kappa shape index (κ2) is 6.13. The lowest BCUT2D eigenvalue weighted by Gasteiger charge is -2.27. The van der Waals surface area contributed by atoms with Crippen molar-refractivity contribution in [2.45, 2.75) is 32.2 Å². The van der Waals surface area contributed by atoms with Gasteiger partial charge in [-0.25, -0.2) is 0 Å². The fourth-order valence-corrected chi connectivity index (χ4v) is 3.31. The van der Waals surface area contributed by atoms with Crippen LogP contribution in [0.25, 0.3) is 0 Å². The second-order valence-corrected chi connectivity index (χ2v) is 6.51. The summed E-state index contributed by atoms with van der Waals surface area (Å²) in [5.74, 6) is 0.500. The van der Waals surface area contributed by atoms with Crippen LogP contribution in [0.15, 0.2) is 54.6 Å². The molecule has 0 bridgehead atoms. The largest absolute Gasteiger partial charge is 0.310 e. The van der Waals surface area contributed by atoms with Gasteiger partial charge in [-0.05, 0) is 49.9 Å². The molecule has 0 saturated heterocycles. The fourth-order valence-electron chi connectivity index (χ4n) is 3.03. The molecular formula is C19H20ClNO. The number of hydrogen-bond acceptors (Lipinski definition) is 1. The molecule has 1 aliphatic carbocycles. The summed E-state index contributed by atoms with van der Waals surface area (Å²) >= 11 is 6.26. The summed E-state index contributed by atoms with van der Waals surface area (Å²) in [7, 11) is 0. The van der Waals surface area contributed by atoms with Crippen LogP contribution in [0.4, 0.5) is 5.69 Å². The molecule has 1 amide bonds. The Morgan fingerprint density at radius 1 is 1.09 bits per heavy atom. The lowest BCUT2D eigenvalue weighted by Crippen LogP contribution is -2.38. The van der Waals surface area contributed by atoms with E-state index in [1.165, 1.54) is 0 Å². The number of hydrogen-bond donors (Lipinski definition) is 0. The van der Waals surface area contributed by atoms with E-state index in [1.807, 2.05) is 59.5 Å². The minimum atomic E-state index is 0.0440. The number of rotatable bonds is 4. The van der Waals surface area contributed by atoms with Gasteiger partial charge in [-0.3, -0.25) is 4.79 Å². The third-order valence-electron chi connectivity index (χ3n) is 4.20. The number of amides is 1. The van der Waals surface area contributed by atoms with E-state index in [-0.39, 0.29) is 23.8 Å². The van der Waals surface area contributed by atoms with Gasteiger partial charge in [-0.15, -0.1) is 0 Å². The van der Waals surface area contributed by atoms with E-state index in [4.69, 9.17) is 11.6 Å². The molecule has 2 unspecified atom stereocenters. The van der Waals surface area contributed by atoms with Crippen molar-refractivity contribution in [1.29, 1.82) is 0 Å². The highest BCUT2D eigenvalue weighted by Crippen LogP contribution is 2.50. The van der Waals surface area contributed by atoms with Gasteiger partial charge >= 0.3 is 0 Å². The first-order chi connectivity index (χ1) is 10.6. The highest BCUT2D eigenvalue weighted by Gasteiger charge is 2.47. The fraction of sp³-hybridized carbons (Fsp3) is 0.316. The molecule has 3 rings (SSSR count). The molecule has 114 valence electrons. The maximum Gasteiger partial charge on any atom is 0.230 e. The van der Waals surface area contributed by atoms with Crippen molar-refractivity contribution in [2.24, 2.45) is 5.92 Å². The van der Waals surface area contributed by atoms with Crippen LogP contribution in [-0.4, -0.2) is 11.9 Å². The second-order valence-electron chi connectivity index (χ2n) is 6.11. The van der Waals surface area contributed by atoms with Crippen LogP contribution >= 0.6 is 11.6 Å². The van der Waals surface area contributed by atoms with Crippen molar-refractivity contribution in [3.8, 4) is 0 Å². The summed E-state index contributed by atoms with van der Waals surface area (Å²) < 4.78 is 0. The number of carbonyl (C=O) groups excluding carboxylic acids is 1. The van der Waals surface area contributed by atoms with Crippen LogP contribution in [0.5, 0.6) is 0 Å². The van der Waals surface area contributed by atoms with Crippen LogP contribution in [0.3, 0.4) is 0 Å². The maximum absolute atomic E-state index is 12.9. The molecule has 2 atom stereocenters. The summed E-state index contributed by atoms with van der Waals surface area (Å²) in [6.07, 6.45) is 0.888. The Morgan fingerprint density at radius 2 is 1.73 bits per heavy atom. The number of benzene rings is 2. The van der Waals surface area contributed by atoms with Gasteiger partial charge in [-0.2, -0.15) is 0 Å². The van der Waals surface area contributed by atoms with Crippen molar-refractivity contribution in [3.63, 3.8) is 0 Å². The van der Waals surface area contributed by atoms with Crippen molar-refractivity contribution < 1.29 is 4.79 Å². The van der Waals surface area contributed by atoms with Gasteiger partial charge in [-0.1, -0.05) is 48.0 Å². The number of anilines is 1. The minimum Gasteiger partial charge on any atom is -0.310 e. The monoisotopic (exact) mass is 313 g/mol. The zero-order valence-corrected chi connectivity index (χ0v) is 13.6. The molecule has 2 nitrogen and oxygen atoms in total. The van der Waals surface area contributed by atoms with Gasteiger partial charge < -0.3 is 4.90 Å². The Hall–Kier alpha value is -1.80. The highest BCUT2D eigenvalue weighted by molar-refractivity contribution is 6.31. The summed E-state index contributed by atoms with van der Waals surface area (Å²) in [4.78, 5) is 14.8. The molecule has 1 fully saturated rings. The Morgan fingerprint density at radius 3 is 2.36 bits per heavy atom. The average Bonchev–Trinajstić information content (AvgIpc) is 3.29. The molecule has 2 aromatic carbocycles. The molecule has 0 aliphatic heterocycles. The number of nitrogens with zero attached hydrogens (tertiary/aromatic N) is 1. The topological polar surface area (TPSA) is 20.3 Å². The Balaban J connectivity index is 1.81. The number of halogens is 1. The van der Waals surface area contributed by atoms with Crippen molar-refractivity contribution in [2.75, 3.05) is 4.90 Å². The Bertz CT molecular complexity index is 668. The molecule has 2 aromatic rings. The van der Waals surface area contributed by atoms with Crippen molar-refractivity contribution in [3.05, 3.63) is 65.2 Å². The third-order valence-corrected chi connectivity index (χ3v) is 4.54. The molecule has 0 N–H and O–H groups in total. The van der Waals surface area contributed by atoms with E-state index in [0.717, 1.165) is 22.7 Å². The summed E-state index contributed by atoms with van der Waals surface area (Å²) in [6.45, 7) is 4.11. The maximum atomic E-state index is 12.9. The molecular weight excluding hydrogens is 294 g/mol. The first-order valence-corrected chi connectivity index (χ1v) is 8.10. The van der Waals surface area contributed by atoms with Crippen molar-refractivity contribution >= 4 is 23.2 Å². The molecule has 22 heavy (non-hydrogen) atoms. The van der Waals surface area contributed by atoms with Gasteiger partial charge in [0.25, 0.3) is 0 Å². The van der Waals surface area contributed by atoms with Crippen LogP contribution in [0.1, 0.15) is 31.7 Å². The first-order valence-electron chi connectivity index (χ1n) is 7.72. The predicted molar refractivity (Wildman–Crippen MR) is 91.4 cm³/mol. The number of para-hydroxylation sites is 1. The van der Waals surface area contributed by atoms with E-state index in [9.17, 15) is 4.79 Å². The first kappa shape index (κ1) is 15.1. The Labute approximate surface area is 136 Å². The van der Waals surface area contributed by atoms with Gasteiger partial charge in [0.05, 0.1) is 0 Å². The molecule has 0 heterocycles. The molecule has 0 aromatic heterocycles. The normalized spacial score (nSPS) is 20.0. The predicted octanol–water partition coefficient (Wildman–Crippen LogP) is 4.89. The van der Waals surface area contributed by atoms with E-state index in [0.29, 0.717) is 0 Å². The third kappa shape index (κ3) is 2.89. The van der Waals surface area contributed by atoms with Gasteiger partial charge in [0.2, 0.25) is 5.91 Å². The van der Waals surface area contributed by atoms with Crippen LogP contribution in [0.2, 0.25) is 5.02 Å². The average molecular weight is 314 g/mol. The lowest BCUT2D eigenvalue weighted by molar-refractivity contribution is -0.120. The molecule has 1 aliphatic rings. The van der Waals surface area contributed by atoms with Crippen LogP contribution < -0.4 is 4.90 Å². The minimum absolute atomic E-state index is 0.0440. The molecule has 1 saturated carbocycles. The molecule has 0 radical (unpaired) electrons. The number of carbonyl (C=O) groups is 1. The van der Waals surface area contributed by atoms with Gasteiger partial charge in [0.15, 0.2) is 0 Å². The van der Waals surface area contributed by atoms with Gasteiger partial charge in [0.1, 0.15) is 0 Å². The zero-order valence-electron chi connectivity index (χ0n) is 12.9.